The average Bonchev–Trinajstić information content (AvgIpc) is 3.14. The van der Waals surface area contributed by atoms with Gasteiger partial charge in [-0.1, -0.05) is 42.1 Å². The Morgan fingerprint density at radius 2 is 1.83 bits per heavy atom. The molecular formula is C20H28N8OS. The van der Waals surface area contributed by atoms with E-state index < -0.39 is 0 Å². The first-order chi connectivity index (χ1) is 14.5. The molecule has 2 N–H and O–H groups in total. The highest BCUT2D eigenvalue weighted by atomic mass is 32.2. The Morgan fingerprint density at radius 3 is 2.50 bits per heavy atom. The smallest absolute Gasteiger partial charge is 0.261 e. The van der Waals surface area contributed by atoms with Crippen molar-refractivity contribution in [2.75, 3.05) is 29.5 Å². The molecule has 30 heavy (non-hydrogen) atoms. The van der Waals surface area contributed by atoms with Crippen LogP contribution in [0.15, 0.2) is 35.5 Å². The van der Waals surface area contributed by atoms with Gasteiger partial charge in [-0.15, -0.1) is 10.2 Å². The molecule has 0 radical (unpaired) electrons. The molecule has 0 saturated heterocycles. The fourth-order valence-electron chi connectivity index (χ4n) is 2.95. The van der Waals surface area contributed by atoms with Crippen LogP contribution in [0.3, 0.4) is 0 Å². The third kappa shape index (κ3) is 5.18. The van der Waals surface area contributed by atoms with Gasteiger partial charge in [-0.25, -0.2) is 4.40 Å². The first-order valence-electron chi connectivity index (χ1n) is 10.1. The summed E-state index contributed by atoms with van der Waals surface area (Å²) in [5.41, 5.74) is 1.11. The zero-order valence-corrected chi connectivity index (χ0v) is 18.6. The number of anilines is 2. The molecule has 0 atom stereocenters. The highest BCUT2D eigenvalue weighted by Gasteiger charge is 2.20. The number of hydrogen-bond donors (Lipinski definition) is 2. The Kier molecular flexibility index (Phi) is 7.45. The number of nitrogens with one attached hydrogen (secondary N) is 2. The number of amides is 1. The van der Waals surface area contributed by atoms with Crippen LogP contribution < -0.4 is 10.6 Å². The average molecular weight is 429 g/mol. The first-order valence-corrected chi connectivity index (χ1v) is 11.1. The van der Waals surface area contributed by atoms with E-state index in [1.165, 1.54) is 11.8 Å². The SMILES string of the molecule is CCNc1nc(NCC)n2c(SCC(=O)N(Cc3ccccc3)C(C)C)nnc2n1. The van der Waals surface area contributed by atoms with Crippen LogP contribution in [0.25, 0.3) is 5.78 Å². The van der Waals surface area contributed by atoms with Gasteiger partial charge in [0.05, 0.1) is 5.75 Å². The second-order valence-corrected chi connectivity index (χ2v) is 7.88. The van der Waals surface area contributed by atoms with Gasteiger partial charge in [-0.2, -0.15) is 9.97 Å². The topological polar surface area (TPSA) is 100 Å². The largest absolute Gasteiger partial charge is 0.355 e. The van der Waals surface area contributed by atoms with Crippen LogP contribution in [-0.4, -0.2) is 60.3 Å². The summed E-state index contributed by atoms with van der Waals surface area (Å²) in [7, 11) is 0. The van der Waals surface area contributed by atoms with E-state index >= 15 is 0 Å². The lowest BCUT2D eigenvalue weighted by atomic mass is 10.2. The maximum absolute atomic E-state index is 13.0. The summed E-state index contributed by atoms with van der Waals surface area (Å²) in [6.45, 7) is 10.00. The minimum absolute atomic E-state index is 0.0470. The monoisotopic (exact) mass is 428 g/mol. The van der Waals surface area contributed by atoms with E-state index in [0.29, 0.717) is 42.5 Å². The summed E-state index contributed by atoms with van der Waals surface area (Å²) >= 11 is 1.34. The molecule has 0 unspecified atom stereocenters. The number of hydrogen-bond acceptors (Lipinski definition) is 8. The molecule has 160 valence electrons. The third-order valence-corrected chi connectivity index (χ3v) is 5.29. The lowest BCUT2D eigenvalue weighted by molar-refractivity contribution is -0.130. The maximum Gasteiger partial charge on any atom is 0.261 e. The van der Waals surface area contributed by atoms with Crippen LogP contribution in [0.2, 0.25) is 0 Å². The predicted molar refractivity (Wildman–Crippen MR) is 120 cm³/mol. The summed E-state index contributed by atoms with van der Waals surface area (Å²) in [6, 6.07) is 10.1. The van der Waals surface area contributed by atoms with Gasteiger partial charge in [0.2, 0.25) is 17.8 Å². The standard InChI is InChI=1S/C20H28N8OS/c1-5-21-17-23-18(22-6-2)28-19(24-17)25-26-20(28)30-13-16(29)27(14(3)4)12-15-10-8-7-9-11-15/h7-11,14H,5-6,12-13H2,1-4H3,(H2,21,22,23,24,25). The number of benzene rings is 1. The van der Waals surface area contributed by atoms with E-state index in [4.69, 9.17) is 0 Å². The minimum Gasteiger partial charge on any atom is -0.355 e. The quantitative estimate of drug-likeness (QED) is 0.476. The van der Waals surface area contributed by atoms with Crippen molar-refractivity contribution >= 4 is 35.3 Å². The van der Waals surface area contributed by atoms with Crippen molar-refractivity contribution in [3.05, 3.63) is 35.9 Å². The highest BCUT2D eigenvalue weighted by molar-refractivity contribution is 7.99. The molecule has 0 aliphatic rings. The van der Waals surface area contributed by atoms with E-state index in [0.717, 1.165) is 5.56 Å². The number of carbonyl (C=O) groups excluding carboxylic acids is 1. The Balaban J connectivity index is 1.77. The first kappa shape index (κ1) is 21.8. The molecule has 0 saturated carbocycles. The van der Waals surface area contributed by atoms with Crippen LogP contribution in [-0.2, 0) is 11.3 Å². The van der Waals surface area contributed by atoms with Crippen molar-refractivity contribution in [2.24, 2.45) is 0 Å². The van der Waals surface area contributed by atoms with Crippen LogP contribution in [0.5, 0.6) is 0 Å². The molecule has 0 fully saturated rings. The molecule has 0 spiro atoms. The van der Waals surface area contributed by atoms with Crippen molar-refractivity contribution in [1.29, 1.82) is 0 Å². The number of carbonyl (C=O) groups is 1. The zero-order valence-electron chi connectivity index (χ0n) is 17.8. The number of aromatic nitrogens is 5. The molecule has 0 bridgehead atoms. The van der Waals surface area contributed by atoms with E-state index in [1.54, 1.807) is 4.40 Å². The molecule has 3 aromatic rings. The molecule has 2 aromatic heterocycles. The number of thioether (sulfide) groups is 1. The molecule has 2 heterocycles. The van der Waals surface area contributed by atoms with E-state index in [9.17, 15) is 4.79 Å². The third-order valence-electron chi connectivity index (χ3n) is 4.38. The van der Waals surface area contributed by atoms with Crippen LogP contribution >= 0.6 is 11.8 Å². The molecule has 0 aliphatic carbocycles. The fourth-order valence-corrected chi connectivity index (χ4v) is 3.76. The summed E-state index contributed by atoms with van der Waals surface area (Å²) in [6.07, 6.45) is 0. The maximum atomic E-state index is 13.0. The summed E-state index contributed by atoms with van der Waals surface area (Å²) < 4.78 is 1.75. The van der Waals surface area contributed by atoms with Gasteiger partial charge in [-0.05, 0) is 33.3 Å². The van der Waals surface area contributed by atoms with Gasteiger partial charge >= 0.3 is 0 Å². The zero-order chi connectivity index (χ0) is 21.5. The van der Waals surface area contributed by atoms with Crippen molar-refractivity contribution in [1.82, 2.24) is 29.5 Å². The van der Waals surface area contributed by atoms with Crippen LogP contribution in [0, 0.1) is 0 Å². The highest BCUT2D eigenvalue weighted by Crippen LogP contribution is 2.22. The Bertz CT molecular complexity index is 976. The van der Waals surface area contributed by atoms with Crippen molar-refractivity contribution < 1.29 is 4.79 Å². The van der Waals surface area contributed by atoms with E-state index in [2.05, 4.69) is 30.8 Å². The molecular weight excluding hydrogens is 400 g/mol. The molecule has 9 nitrogen and oxygen atoms in total. The fraction of sp³-hybridized carbons (Fsp3) is 0.450. The Labute approximate surface area is 180 Å². The van der Waals surface area contributed by atoms with Gasteiger partial charge in [0.15, 0.2) is 5.16 Å². The van der Waals surface area contributed by atoms with Gasteiger partial charge < -0.3 is 15.5 Å². The van der Waals surface area contributed by atoms with Crippen molar-refractivity contribution in [3.8, 4) is 0 Å². The Morgan fingerprint density at radius 1 is 1.10 bits per heavy atom. The van der Waals surface area contributed by atoms with Gasteiger partial charge in [0, 0.05) is 25.7 Å². The van der Waals surface area contributed by atoms with Gasteiger partial charge in [0.1, 0.15) is 0 Å². The normalized spacial score (nSPS) is 11.1. The second kappa shape index (κ2) is 10.2. The molecule has 1 aromatic carbocycles. The summed E-state index contributed by atoms with van der Waals surface area (Å²) in [4.78, 5) is 23.7. The van der Waals surface area contributed by atoms with Crippen molar-refractivity contribution in [3.63, 3.8) is 0 Å². The van der Waals surface area contributed by atoms with Crippen LogP contribution in [0.1, 0.15) is 33.3 Å². The van der Waals surface area contributed by atoms with E-state index in [1.807, 2.05) is 62.9 Å². The Hall–Kier alpha value is -2.88. The van der Waals surface area contributed by atoms with Crippen LogP contribution in [0.4, 0.5) is 11.9 Å². The predicted octanol–water partition coefficient (Wildman–Crippen LogP) is 2.91. The lowest BCUT2D eigenvalue weighted by Crippen LogP contribution is -2.37. The molecule has 3 rings (SSSR count). The molecule has 1 amide bonds. The van der Waals surface area contributed by atoms with Gasteiger partial charge in [0.25, 0.3) is 5.78 Å². The number of nitrogens with zero attached hydrogens (tertiary/aromatic N) is 6. The van der Waals surface area contributed by atoms with Gasteiger partial charge in [-0.3, -0.25) is 4.79 Å². The van der Waals surface area contributed by atoms with E-state index in [-0.39, 0.29) is 17.7 Å². The molecule has 0 aliphatic heterocycles. The molecule has 10 heteroatoms. The van der Waals surface area contributed by atoms with Crippen molar-refractivity contribution in [2.45, 2.75) is 45.4 Å². The lowest BCUT2D eigenvalue weighted by Gasteiger charge is -2.26. The second-order valence-electron chi connectivity index (χ2n) is 6.94. The minimum atomic E-state index is 0.0470. The summed E-state index contributed by atoms with van der Waals surface area (Å²) in [5.74, 6) is 1.84. The summed E-state index contributed by atoms with van der Waals surface area (Å²) in [5, 5.41) is 15.3. The number of fused-ring (bicyclic) bond motifs is 1. The number of rotatable bonds is 10.